The maximum atomic E-state index is 12.0. The molecule has 140 valence electrons. The van der Waals surface area contributed by atoms with Crippen LogP contribution in [0.5, 0.6) is 5.75 Å². The molecule has 1 heterocycles. The Labute approximate surface area is 155 Å². The Kier molecular flexibility index (Phi) is 6.99. The first kappa shape index (κ1) is 19.7. The van der Waals surface area contributed by atoms with Crippen molar-refractivity contribution in [3.8, 4) is 5.75 Å². The molecule has 0 spiro atoms. The van der Waals surface area contributed by atoms with Crippen LogP contribution in [0.1, 0.15) is 22.7 Å². The number of non-ortho nitro benzene ring substituents is 1. The maximum Gasteiger partial charge on any atom is 0.286 e. The normalized spacial score (nSPS) is 10.8. The summed E-state index contributed by atoms with van der Waals surface area (Å²) >= 11 is 5.97. The summed E-state index contributed by atoms with van der Waals surface area (Å²) in [5.41, 5.74) is -0.123. The predicted molar refractivity (Wildman–Crippen MR) is 96.7 cm³/mol. The molecule has 0 aliphatic heterocycles. The minimum Gasteiger partial charge on any atom is -0.484 e. The third-order valence-electron chi connectivity index (χ3n) is 3.45. The van der Waals surface area contributed by atoms with Crippen LogP contribution >= 0.6 is 11.6 Å². The highest BCUT2D eigenvalue weighted by molar-refractivity contribution is 6.32. The summed E-state index contributed by atoms with van der Waals surface area (Å²) in [5, 5.41) is 13.8. The zero-order valence-corrected chi connectivity index (χ0v) is 15.3. The number of amides is 1. The molecule has 0 aliphatic carbocycles. The average molecular weight is 382 g/mol. The van der Waals surface area contributed by atoms with E-state index in [0.717, 1.165) is 13.0 Å². The quantitative estimate of drug-likeness (QED) is 0.407. The molecule has 0 aliphatic rings. The Morgan fingerprint density at radius 2 is 2.12 bits per heavy atom. The topological polar surface area (TPSA) is 97.9 Å². The zero-order chi connectivity index (χ0) is 19.1. The smallest absolute Gasteiger partial charge is 0.286 e. The second-order valence-electron chi connectivity index (χ2n) is 5.84. The Morgan fingerprint density at radius 1 is 1.35 bits per heavy atom. The van der Waals surface area contributed by atoms with Gasteiger partial charge in [0.1, 0.15) is 18.1 Å². The van der Waals surface area contributed by atoms with E-state index in [0.29, 0.717) is 12.3 Å². The third-order valence-corrected chi connectivity index (χ3v) is 3.76. The number of hydrogen-bond acceptors (Lipinski definition) is 6. The van der Waals surface area contributed by atoms with Crippen molar-refractivity contribution in [3.05, 3.63) is 57.0 Å². The van der Waals surface area contributed by atoms with Crippen molar-refractivity contribution < 1.29 is 18.9 Å². The van der Waals surface area contributed by atoms with E-state index in [1.54, 1.807) is 12.1 Å². The van der Waals surface area contributed by atoms with Gasteiger partial charge in [0.05, 0.1) is 16.0 Å². The van der Waals surface area contributed by atoms with Crippen LogP contribution in [0.4, 0.5) is 5.69 Å². The van der Waals surface area contributed by atoms with Crippen LogP contribution in [0.15, 0.2) is 34.7 Å². The van der Waals surface area contributed by atoms with E-state index in [1.165, 1.54) is 18.2 Å². The van der Waals surface area contributed by atoms with Gasteiger partial charge in [-0.1, -0.05) is 11.6 Å². The van der Waals surface area contributed by atoms with Crippen molar-refractivity contribution in [2.45, 2.75) is 13.0 Å². The van der Waals surface area contributed by atoms with Gasteiger partial charge in [-0.15, -0.1) is 0 Å². The number of nitro benzene ring substituents is 1. The van der Waals surface area contributed by atoms with Crippen molar-refractivity contribution in [1.82, 2.24) is 10.2 Å². The average Bonchev–Trinajstić information content (AvgIpc) is 3.06. The molecule has 8 nitrogen and oxygen atoms in total. The van der Waals surface area contributed by atoms with Gasteiger partial charge in [-0.25, -0.2) is 0 Å². The molecule has 1 amide bonds. The van der Waals surface area contributed by atoms with Crippen LogP contribution in [-0.4, -0.2) is 42.9 Å². The van der Waals surface area contributed by atoms with Gasteiger partial charge in [0.25, 0.3) is 11.6 Å². The van der Waals surface area contributed by atoms with Crippen LogP contribution in [0.3, 0.4) is 0 Å². The predicted octanol–water partition coefficient (Wildman–Crippen LogP) is 3.10. The number of rotatable bonds is 9. The van der Waals surface area contributed by atoms with Crippen LogP contribution in [0.25, 0.3) is 0 Å². The lowest BCUT2D eigenvalue weighted by atomic mass is 10.3. The van der Waals surface area contributed by atoms with Crippen LogP contribution in [0.2, 0.25) is 5.02 Å². The first-order valence-corrected chi connectivity index (χ1v) is 8.33. The summed E-state index contributed by atoms with van der Waals surface area (Å²) in [4.78, 5) is 24.3. The molecule has 0 atom stereocenters. The van der Waals surface area contributed by atoms with Gasteiger partial charge in [-0.2, -0.15) is 0 Å². The zero-order valence-electron chi connectivity index (χ0n) is 14.5. The Hall–Kier alpha value is -2.58. The number of nitrogens with one attached hydrogen (secondary N) is 1. The number of nitro groups is 1. The molecule has 2 aromatic rings. The molecule has 1 aromatic carbocycles. The van der Waals surface area contributed by atoms with E-state index in [-0.39, 0.29) is 34.7 Å². The third kappa shape index (κ3) is 5.75. The molecular weight excluding hydrogens is 362 g/mol. The van der Waals surface area contributed by atoms with Gasteiger partial charge in [0.2, 0.25) is 0 Å². The molecule has 1 aromatic heterocycles. The fraction of sp³-hybridized carbons (Fsp3) is 0.353. The van der Waals surface area contributed by atoms with Crippen molar-refractivity contribution in [1.29, 1.82) is 0 Å². The summed E-state index contributed by atoms with van der Waals surface area (Å²) < 4.78 is 10.9. The molecule has 0 fully saturated rings. The lowest BCUT2D eigenvalue weighted by Crippen LogP contribution is -2.26. The molecule has 0 saturated heterocycles. The highest BCUT2D eigenvalue weighted by Crippen LogP contribution is 2.29. The first-order valence-electron chi connectivity index (χ1n) is 7.95. The Morgan fingerprint density at radius 3 is 2.81 bits per heavy atom. The lowest BCUT2D eigenvalue weighted by molar-refractivity contribution is -0.384. The summed E-state index contributed by atoms with van der Waals surface area (Å²) in [7, 11) is 3.93. The molecule has 1 N–H and O–H groups in total. The standard InChI is InChI=1S/C17H20ClN3O5/c1-20(2)9-3-8-19-17(22)15-7-5-13(26-15)11-25-16-10-12(21(23)24)4-6-14(16)18/h4-7,10H,3,8-9,11H2,1-2H3,(H,19,22). The van der Waals surface area contributed by atoms with Gasteiger partial charge >= 0.3 is 0 Å². The van der Waals surface area contributed by atoms with Gasteiger partial charge < -0.3 is 19.4 Å². The van der Waals surface area contributed by atoms with E-state index in [9.17, 15) is 14.9 Å². The second kappa shape index (κ2) is 9.21. The number of carbonyl (C=O) groups excluding carboxylic acids is 1. The SMILES string of the molecule is CN(C)CCCNC(=O)c1ccc(COc2cc([N+](=O)[O-])ccc2Cl)o1. The Balaban J connectivity index is 1.89. The van der Waals surface area contributed by atoms with Gasteiger partial charge in [0.15, 0.2) is 5.76 Å². The maximum absolute atomic E-state index is 12.0. The van der Waals surface area contributed by atoms with Crippen molar-refractivity contribution in [2.75, 3.05) is 27.2 Å². The monoisotopic (exact) mass is 381 g/mol. The molecule has 0 radical (unpaired) electrons. The van der Waals surface area contributed by atoms with E-state index in [4.69, 9.17) is 20.8 Å². The number of ether oxygens (including phenoxy) is 1. The second-order valence-corrected chi connectivity index (χ2v) is 6.25. The highest BCUT2D eigenvalue weighted by Gasteiger charge is 2.14. The highest BCUT2D eigenvalue weighted by atomic mass is 35.5. The van der Waals surface area contributed by atoms with Crippen LogP contribution in [0, 0.1) is 10.1 Å². The molecule has 0 bridgehead atoms. The fourth-order valence-corrected chi connectivity index (χ4v) is 2.30. The molecule has 9 heteroatoms. The lowest BCUT2D eigenvalue weighted by Gasteiger charge is -2.09. The van der Waals surface area contributed by atoms with Crippen LogP contribution < -0.4 is 10.1 Å². The summed E-state index contributed by atoms with van der Waals surface area (Å²) in [6.45, 7) is 1.42. The van der Waals surface area contributed by atoms with Crippen molar-refractivity contribution in [2.24, 2.45) is 0 Å². The van der Waals surface area contributed by atoms with Gasteiger partial charge in [-0.3, -0.25) is 14.9 Å². The summed E-state index contributed by atoms with van der Waals surface area (Å²) in [6.07, 6.45) is 0.834. The minimum atomic E-state index is -0.533. The van der Waals surface area contributed by atoms with E-state index in [2.05, 4.69) is 5.32 Å². The number of nitrogens with zero attached hydrogens (tertiary/aromatic N) is 2. The van der Waals surface area contributed by atoms with E-state index < -0.39 is 4.92 Å². The molecule has 26 heavy (non-hydrogen) atoms. The number of hydrogen-bond donors (Lipinski definition) is 1. The molecule has 2 rings (SSSR count). The summed E-state index contributed by atoms with van der Waals surface area (Å²) in [6, 6.07) is 7.09. The molecule has 0 unspecified atom stereocenters. The first-order chi connectivity index (χ1) is 12.4. The number of furan rings is 1. The van der Waals surface area contributed by atoms with Crippen molar-refractivity contribution in [3.63, 3.8) is 0 Å². The number of benzene rings is 1. The van der Waals surface area contributed by atoms with E-state index >= 15 is 0 Å². The summed E-state index contributed by atoms with van der Waals surface area (Å²) in [5.74, 6) is 0.458. The number of halogens is 1. The van der Waals surface area contributed by atoms with Crippen LogP contribution in [-0.2, 0) is 6.61 Å². The molecular formula is C17H20ClN3O5. The molecule has 0 saturated carbocycles. The van der Waals surface area contributed by atoms with E-state index in [1.807, 2.05) is 19.0 Å². The Bertz CT molecular complexity index is 776. The van der Waals surface area contributed by atoms with Gasteiger partial charge in [0, 0.05) is 12.6 Å². The minimum absolute atomic E-state index is 0.00516. The van der Waals surface area contributed by atoms with Crippen molar-refractivity contribution >= 4 is 23.2 Å². The fourth-order valence-electron chi connectivity index (χ4n) is 2.13. The number of carbonyl (C=O) groups is 1. The largest absolute Gasteiger partial charge is 0.484 e. The van der Waals surface area contributed by atoms with Gasteiger partial charge in [-0.05, 0) is 45.3 Å².